The molecule has 82 valence electrons. The molecule has 1 rings (SSSR count). The van der Waals surface area contributed by atoms with Gasteiger partial charge in [-0.3, -0.25) is 0 Å². The molecular weight excluding hydrogens is 200 g/mol. The molecule has 0 bridgehead atoms. The van der Waals surface area contributed by atoms with Crippen LogP contribution in [-0.4, -0.2) is 59.5 Å². The van der Waals surface area contributed by atoms with Crippen molar-refractivity contribution in [2.24, 2.45) is 0 Å². The first-order valence-corrected chi connectivity index (χ1v) is 4.07. The van der Waals surface area contributed by atoms with Gasteiger partial charge in [0.25, 0.3) is 6.43 Å². The van der Waals surface area contributed by atoms with E-state index in [2.05, 4.69) is 0 Å². The van der Waals surface area contributed by atoms with Crippen molar-refractivity contribution in [2.75, 3.05) is 19.7 Å². The Kier molecular flexibility index (Phi) is 3.59. The number of ether oxygens (including phenoxy) is 1. The summed E-state index contributed by atoms with van der Waals surface area (Å²) in [5, 5.41) is 17.3. The zero-order chi connectivity index (χ0) is 10.7. The first kappa shape index (κ1) is 11.1. The van der Waals surface area contributed by atoms with E-state index < -0.39 is 31.3 Å². The monoisotopic (exact) mass is 211 g/mol. The molecule has 1 aliphatic heterocycles. The molecule has 0 aromatic rings. The zero-order valence-corrected chi connectivity index (χ0v) is 7.27. The summed E-state index contributed by atoms with van der Waals surface area (Å²) in [6.07, 6.45) is -6.33. The van der Waals surface area contributed by atoms with Gasteiger partial charge in [-0.25, -0.2) is 13.6 Å². The fourth-order valence-corrected chi connectivity index (χ4v) is 1.27. The standard InChI is InChI=1S/C7H11F2NO4/c8-6(9)5-2-10(7(12)13)1-4(3-11)14-5/h4-6,11H,1-3H2,(H,12,13)/t4-,5+/m0/s1. The van der Waals surface area contributed by atoms with Crippen LogP contribution in [0.3, 0.4) is 0 Å². The van der Waals surface area contributed by atoms with Crippen LogP contribution in [-0.2, 0) is 4.74 Å². The van der Waals surface area contributed by atoms with Gasteiger partial charge < -0.3 is 19.8 Å². The molecule has 5 nitrogen and oxygen atoms in total. The Hall–Kier alpha value is -0.950. The topological polar surface area (TPSA) is 70.0 Å². The van der Waals surface area contributed by atoms with E-state index in [1.54, 1.807) is 0 Å². The highest BCUT2D eigenvalue weighted by atomic mass is 19.3. The van der Waals surface area contributed by atoms with Gasteiger partial charge in [0.2, 0.25) is 0 Å². The maximum absolute atomic E-state index is 12.2. The molecule has 2 atom stereocenters. The SMILES string of the molecule is O=C(O)N1C[C@@H](CO)O[C@@H](C(F)F)C1. The van der Waals surface area contributed by atoms with E-state index in [0.29, 0.717) is 0 Å². The van der Waals surface area contributed by atoms with E-state index in [0.717, 1.165) is 4.90 Å². The summed E-state index contributed by atoms with van der Waals surface area (Å²) in [5.41, 5.74) is 0. The Balaban J connectivity index is 2.61. The van der Waals surface area contributed by atoms with Gasteiger partial charge in [0.15, 0.2) is 0 Å². The van der Waals surface area contributed by atoms with E-state index in [1.807, 2.05) is 0 Å². The molecule has 0 unspecified atom stereocenters. The first-order valence-electron chi connectivity index (χ1n) is 4.07. The maximum atomic E-state index is 12.2. The van der Waals surface area contributed by atoms with Gasteiger partial charge in [-0.15, -0.1) is 0 Å². The van der Waals surface area contributed by atoms with Crippen LogP contribution in [0, 0.1) is 0 Å². The van der Waals surface area contributed by atoms with Crippen LogP contribution in [0.2, 0.25) is 0 Å². The molecule has 0 saturated carbocycles. The minimum atomic E-state index is -2.74. The third-order valence-corrected chi connectivity index (χ3v) is 1.95. The van der Waals surface area contributed by atoms with Crippen molar-refractivity contribution >= 4 is 6.09 Å². The van der Waals surface area contributed by atoms with Crippen LogP contribution < -0.4 is 0 Å². The fraction of sp³-hybridized carbons (Fsp3) is 0.857. The third-order valence-electron chi connectivity index (χ3n) is 1.95. The summed E-state index contributed by atoms with van der Waals surface area (Å²) in [6.45, 7) is -0.897. The molecule has 1 fully saturated rings. The second-order valence-electron chi connectivity index (χ2n) is 3.00. The smallest absolute Gasteiger partial charge is 0.407 e. The molecule has 2 N–H and O–H groups in total. The van der Waals surface area contributed by atoms with Gasteiger partial charge in [0, 0.05) is 0 Å². The van der Waals surface area contributed by atoms with E-state index in [1.165, 1.54) is 0 Å². The molecule has 7 heteroatoms. The second-order valence-corrected chi connectivity index (χ2v) is 3.00. The van der Waals surface area contributed by atoms with Crippen LogP contribution >= 0.6 is 0 Å². The predicted octanol–water partition coefficient (Wildman–Crippen LogP) is -0.00880. The van der Waals surface area contributed by atoms with Gasteiger partial charge in [-0.05, 0) is 0 Å². The van der Waals surface area contributed by atoms with Gasteiger partial charge >= 0.3 is 6.09 Å². The minimum absolute atomic E-state index is 0.0744. The molecule has 1 heterocycles. The number of carbonyl (C=O) groups is 1. The van der Waals surface area contributed by atoms with Crippen LogP contribution in [0.4, 0.5) is 13.6 Å². The van der Waals surface area contributed by atoms with Crippen molar-refractivity contribution in [1.29, 1.82) is 0 Å². The normalized spacial score (nSPS) is 28.1. The predicted molar refractivity (Wildman–Crippen MR) is 41.3 cm³/mol. The molecule has 1 saturated heterocycles. The summed E-state index contributed by atoms with van der Waals surface area (Å²) >= 11 is 0. The number of aliphatic hydroxyl groups is 1. The summed E-state index contributed by atoms with van der Waals surface area (Å²) < 4.78 is 29.3. The molecule has 14 heavy (non-hydrogen) atoms. The maximum Gasteiger partial charge on any atom is 0.407 e. The van der Waals surface area contributed by atoms with Crippen molar-refractivity contribution < 1.29 is 28.5 Å². The lowest BCUT2D eigenvalue weighted by molar-refractivity contribution is -0.145. The lowest BCUT2D eigenvalue weighted by atomic mass is 10.2. The Morgan fingerprint density at radius 1 is 1.57 bits per heavy atom. The lowest BCUT2D eigenvalue weighted by Crippen LogP contribution is -2.52. The number of alkyl halides is 2. The lowest BCUT2D eigenvalue weighted by Gasteiger charge is -2.35. The summed E-state index contributed by atoms with van der Waals surface area (Å²) in [5.74, 6) is 0. The number of morpholine rings is 1. The van der Waals surface area contributed by atoms with E-state index in [9.17, 15) is 13.6 Å². The number of rotatable bonds is 2. The fourth-order valence-electron chi connectivity index (χ4n) is 1.27. The Morgan fingerprint density at radius 3 is 2.64 bits per heavy atom. The van der Waals surface area contributed by atoms with Crippen molar-refractivity contribution in [1.82, 2.24) is 4.90 Å². The average molecular weight is 211 g/mol. The Bertz CT molecular complexity index is 214. The van der Waals surface area contributed by atoms with Gasteiger partial charge in [-0.1, -0.05) is 0 Å². The van der Waals surface area contributed by atoms with Crippen LogP contribution in [0.1, 0.15) is 0 Å². The average Bonchev–Trinajstić information content (AvgIpc) is 2.16. The van der Waals surface area contributed by atoms with Crippen LogP contribution in [0.15, 0.2) is 0 Å². The molecule has 1 amide bonds. The third kappa shape index (κ3) is 2.52. The summed E-state index contributed by atoms with van der Waals surface area (Å²) in [7, 11) is 0. The highest BCUT2D eigenvalue weighted by Gasteiger charge is 2.34. The molecule has 0 aromatic carbocycles. The summed E-state index contributed by atoms with van der Waals surface area (Å²) in [6, 6.07) is 0. The number of nitrogens with zero attached hydrogens (tertiary/aromatic N) is 1. The van der Waals surface area contributed by atoms with E-state index in [-0.39, 0.29) is 13.1 Å². The molecular formula is C7H11F2NO4. The number of hydrogen-bond donors (Lipinski definition) is 2. The van der Waals surface area contributed by atoms with Gasteiger partial charge in [0.05, 0.1) is 25.8 Å². The second kappa shape index (κ2) is 4.52. The quantitative estimate of drug-likeness (QED) is 0.674. The van der Waals surface area contributed by atoms with Crippen molar-refractivity contribution in [3.05, 3.63) is 0 Å². The van der Waals surface area contributed by atoms with Crippen molar-refractivity contribution in [3.8, 4) is 0 Å². The molecule has 1 aliphatic rings. The van der Waals surface area contributed by atoms with Crippen molar-refractivity contribution in [2.45, 2.75) is 18.6 Å². The number of halogens is 2. The largest absolute Gasteiger partial charge is 0.465 e. The Labute approximate surface area is 78.9 Å². The molecule has 0 spiro atoms. The number of aliphatic hydroxyl groups excluding tert-OH is 1. The number of amides is 1. The van der Waals surface area contributed by atoms with Crippen molar-refractivity contribution in [3.63, 3.8) is 0 Å². The van der Waals surface area contributed by atoms with Gasteiger partial charge in [0.1, 0.15) is 6.10 Å². The molecule has 0 aliphatic carbocycles. The number of carboxylic acid groups (broad SMARTS) is 1. The Morgan fingerprint density at radius 2 is 2.21 bits per heavy atom. The van der Waals surface area contributed by atoms with Crippen LogP contribution in [0.5, 0.6) is 0 Å². The zero-order valence-electron chi connectivity index (χ0n) is 7.27. The highest BCUT2D eigenvalue weighted by Crippen LogP contribution is 2.16. The van der Waals surface area contributed by atoms with E-state index in [4.69, 9.17) is 14.9 Å². The number of hydrogen-bond acceptors (Lipinski definition) is 3. The molecule has 0 aromatic heterocycles. The van der Waals surface area contributed by atoms with E-state index >= 15 is 0 Å². The highest BCUT2D eigenvalue weighted by molar-refractivity contribution is 5.65. The minimum Gasteiger partial charge on any atom is -0.465 e. The first-order chi connectivity index (χ1) is 6.54. The molecule has 0 radical (unpaired) electrons. The summed E-state index contributed by atoms with van der Waals surface area (Å²) in [4.78, 5) is 11.3. The van der Waals surface area contributed by atoms with Gasteiger partial charge in [-0.2, -0.15) is 0 Å². The van der Waals surface area contributed by atoms with Crippen LogP contribution in [0.25, 0.3) is 0 Å².